The zero-order valence-electron chi connectivity index (χ0n) is 13.1. The van der Waals surface area contributed by atoms with Gasteiger partial charge in [-0.15, -0.1) is 0 Å². The molecule has 1 aliphatic rings. The van der Waals surface area contributed by atoms with Crippen molar-refractivity contribution in [1.82, 2.24) is 15.2 Å². The van der Waals surface area contributed by atoms with Crippen LogP contribution in [0.2, 0.25) is 0 Å². The Bertz CT molecular complexity index is 689. The standard InChI is InChI=1S/C17H21N5/c1-3-13-11-19-21-16(13)14-6-8-22(9-7-14)17-15(10-18)5-4-12(2)20-17/h4-5,11,14H,3,6-9H2,1-2H3,(H,19,21). The lowest BCUT2D eigenvalue weighted by Crippen LogP contribution is -2.34. The van der Waals surface area contributed by atoms with Crippen LogP contribution in [0.5, 0.6) is 0 Å². The van der Waals surface area contributed by atoms with Crippen LogP contribution in [0.4, 0.5) is 5.82 Å². The number of rotatable bonds is 3. The summed E-state index contributed by atoms with van der Waals surface area (Å²) in [4.78, 5) is 6.81. The zero-order chi connectivity index (χ0) is 15.5. The van der Waals surface area contributed by atoms with Gasteiger partial charge in [-0.25, -0.2) is 4.98 Å². The fraction of sp³-hybridized carbons (Fsp3) is 0.471. The highest BCUT2D eigenvalue weighted by atomic mass is 15.2. The summed E-state index contributed by atoms with van der Waals surface area (Å²) in [6.45, 7) is 5.99. The summed E-state index contributed by atoms with van der Waals surface area (Å²) in [5.41, 5.74) is 4.24. The second kappa shape index (κ2) is 6.18. The van der Waals surface area contributed by atoms with E-state index in [-0.39, 0.29) is 0 Å². The highest BCUT2D eigenvalue weighted by molar-refractivity contribution is 5.54. The van der Waals surface area contributed by atoms with Gasteiger partial charge in [0.25, 0.3) is 0 Å². The normalized spacial score (nSPS) is 15.8. The predicted octanol–water partition coefficient (Wildman–Crippen LogP) is 2.93. The Morgan fingerprint density at radius 1 is 1.36 bits per heavy atom. The smallest absolute Gasteiger partial charge is 0.146 e. The third-order valence-corrected chi connectivity index (χ3v) is 4.47. The number of nitrogens with zero attached hydrogens (tertiary/aromatic N) is 4. The van der Waals surface area contributed by atoms with Crippen molar-refractivity contribution >= 4 is 5.82 Å². The molecule has 5 heteroatoms. The molecule has 2 aromatic rings. The maximum atomic E-state index is 9.28. The lowest BCUT2D eigenvalue weighted by atomic mass is 9.90. The molecule has 114 valence electrons. The van der Waals surface area contributed by atoms with Crippen LogP contribution in [0.1, 0.15) is 48.2 Å². The Balaban J connectivity index is 1.75. The third-order valence-electron chi connectivity index (χ3n) is 4.47. The SMILES string of the molecule is CCc1cn[nH]c1C1CCN(c2nc(C)ccc2C#N)CC1. The van der Waals surface area contributed by atoms with Gasteiger partial charge in [0, 0.05) is 30.4 Å². The van der Waals surface area contributed by atoms with Gasteiger partial charge >= 0.3 is 0 Å². The van der Waals surface area contributed by atoms with Crippen molar-refractivity contribution in [3.8, 4) is 6.07 Å². The highest BCUT2D eigenvalue weighted by Gasteiger charge is 2.25. The van der Waals surface area contributed by atoms with Gasteiger partial charge < -0.3 is 4.90 Å². The minimum absolute atomic E-state index is 0.532. The van der Waals surface area contributed by atoms with E-state index in [1.165, 1.54) is 11.3 Å². The topological polar surface area (TPSA) is 68.6 Å². The van der Waals surface area contributed by atoms with E-state index in [2.05, 4.69) is 33.1 Å². The summed E-state index contributed by atoms with van der Waals surface area (Å²) in [5, 5.41) is 16.6. The Labute approximate surface area is 131 Å². The van der Waals surface area contributed by atoms with Crippen LogP contribution >= 0.6 is 0 Å². The van der Waals surface area contributed by atoms with Crippen LogP contribution in [0.3, 0.4) is 0 Å². The quantitative estimate of drug-likeness (QED) is 0.945. The molecule has 3 heterocycles. The molecule has 0 amide bonds. The van der Waals surface area contributed by atoms with Crippen molar-refractivity contribution in [2.24, 2.45) is 0 Å². The molecule has 0 unspecified atom stereocenters. The monoisotopic (exact) mass is 295 g/mol. The molecule has 2 aromatic heterocycles. The molecule has 0 spiro atoms. The minimum atomic E-state index is 0.532. The van der Waals surface area contributed by atoms with Crippen molar-refractivity contribution in [3.05, 3.63) is 40.8 Å². The van der Waals surface area contributed by atoms with Gasteiger partial charge in [-0.2, -0.15) is 10.4 Å². The number of aryl methyl sites for hydroxylation is 2. The van der Waals surface area contributed by atoms with E-state index in [1.807, 2.05) is 25.3 Å². The first-order valence-electron chi connectivity index (χ1n) is 7.87. The third kappa shape index (κ3) is 2.69. The van der Waals surface area contributed by atoms with Crippen molar-refractivity contribution in [2.45, 2.75) is 39.0 Å². The van der Waals surface area contributed by atoms with Gasteiger partial charge in [-0.05, 0) is 43.9 Å². The summed E-state index contributed by atoms with van der Waals surface area (Å²) in [6, 6.07) is 6.02. The second-order valence-corrected chi connectivity index (χ2v) is 5.86. The van der Waals surface area contributed by atoms with Crippen LogP contribution in [0, 0.1) is 18.3 Å². The number of aromatic nitrogens is 3. The van der Waals surface area contributed by atoms with Crippen molar-refractivity contribution in [2.75, 3.05) is 18.0 Å². The molecular formula is C17H21N5. The average molecular weight is 295 g/mol. The number of hydrogen-bond acceptors (Lipinski definition) is 4. The molecule has 0 aliphatic carbocycles. The fourth-order valence-electron chi connectivity index (χ4n) is 3.21. The van der Waals surface area contributed by atoms with E-state index in [9.17, 15) is 5.26 Å². The maximum Gasteiger partial charge on any atom is 0.146 e. The van der Waals surface area contributed by atoms with Crippen molar-refractivity contribution in [3.63, 3.8) is 0 Å². The summed E-state index contributed by atoms with van der Waals surface area (Å²) in [6.07, 6.45) is 5.09. The number of anilines is 1. The van der Waals surface area contributed by atoms with Gasteiger partial charge in [-0.1, -0.05) is 6.92 Å². The van der Waals surface area contributed by atoms with Crippen LogP contribution in [-0.4, -0.2) is 28.3 Å². The molecular weight excluding hydrogens is 274 g/mol. The lowest BCUT2D eigenvalue weighted by molar-refractivity contribution is 0.490. The van der Waals surface area contributed by atoms with Crippen LogP contribution in [0.15, 0.2) is 18.3 Å². The van der Waals surface area contributed by atoms with E-state index in [0.717, 1.165) is 43.9 Å². The zero-order valence-corrected chi connectivity index (χ0v) is 13.1. The first kappa shape index (κ1) is 14.6. The van der Waals surface area contributed by atoms with E-state index in [0.29, 0.717) is 11.5 Å². The van der Waals surface area contributed by atoms with E-state index in [4.69, 9.17) is 0 Å². The summed E-state index contributed by atoms with van der Waals surface area (Å²) < 4.78 is 0. The molecule has 1 aliphatic heterocycles. The van der Waals surface area contributed by atoms with Gasteiger partial charge in [0.05, 0.1) is 11.8 Å². The van der Waals surface area contributed by atoms with Crippen molar-refractivity contribution in [1.29, 1.82) is 5.26 Å². The predicted molar refractivity (Wildman–Crippen MR) is 85.8 cm³/mol. The largest absolute Gasteiger partial charge is 0.355 e. The summed E-state index contributed by atoms with van der Waals surface area (Å²) >= 11 is 0. The number of pyridine rings is 1. The molecule has 0 saturated carbocycles. The van der Waals surface area contributed by atoms with Gasteiger partial charge in [0.2, 0.25) is 0 Å². The number of aromatic amines is 1. The van der Waals surface area contributed by atoms with E-state index < -0.39 is 0 Å². The summed E-state index contributed by atoms with van der Waals surface area (Å²) in [7, 11) is 0. The fourth-order valence-corrected chi connectivity index (χ4v) is 3.21. The lowest BCUT2D eigenvalue weighted by Gasteiger charge is -2.33. The molecule has 5 nitrogen and oxygen atoms in total. The molecule has 1 N–H and O–H groups in total. The highest BCUT2D eigenvalue weighted by Crippen LogP contribution is 2.31. The van der Waals surface area contributed by atoms with Crippen LogP contribution < -0.4 is 4.90 Å². The van der Waals surface area contributed by atoms with Crippen molar-refractivity contribution < 1.29 is 0 Å². The van der Waals surface area contributed by atoms with E-state index in [1.54, 1.807) is 0 Å². The molecule has 1 fully saturated rings. The molecule has 0 aromatic carbocycles. The average Bonchev–Trinajstić information content (AvgIpc) is 3.03. The molecule has 3 rings (SSSR count). The number of nitrogens with one attached hydrogen (secondary N) is 1. The van der Waals surface area contributed by atoms with Gasteiger partial charge in [-0.3, -0.25) is 5.10 Å². The summed E-state index contributed by atoms with van der Waals surface area (Å²) in [5.74, 6) is 1.37. The molecule has 1 saturated heterocycles. The Morgan fingerprint density at radius 2 is 2.14 bits per heavy atom. The first-order valence-corrected chi connectivity index (χ1v) is 7.87. The first-order chi connectivity index (χ1) is 10.7. The minimum Gasteiger partial charge on any atom is -0.355 e. The molecule has 0 bridgehead atoms. The molecule has 22 heavy (non-hydrogen) atoms. The van der Waals surface area contributed by atoms with Gasteiger partial charge in [0.1, 0.15) is 11.9 Å². The maximum absolute atomic E-state index is 9.28. The van der Waals surface area contributed by atoms with Gasteiger partial charge in [0.15, 0.2) is 0 Å². The molecule has 0 atom stereocenters. The van der Waals surface area contributed by atoms with E-state index >= 15 is 0 Å². The van der Waals surface area contributed by atoms with Crippen LogP contribution in [0.25, 0.3) is 0 Å². The number of H-pyrrole nitrogens is 1. The Kier molecular flexibility index (Phi) is 4.10. The number of piperidine rings is 1. The molecule has 0 radical (unpaired) electrons. The second-order valence-electron chi connectivity index (χ2n) is 5.86. The Hall–Kier alpha value is -2.35. The number of hydrogen-bond donors (Lipinski definition) is 1. The van der Waals surface area contributed by atoms with Crippen LogP contribution in [-0.2, 0) is 6.42 Å². The number of nitriles is 1. The Morgan fingerprint density at radius 3 is 2.82 bits per heavy atom.